The van der Waals surface area contributed by atoms with E-state index >= 15 is 0 Å². The molecule has 0 amide bonds. The average Bonchev–Trinajstić information content (AvgIpc) is 2.25. The molecule has 0 aromatic carbocycles. The van der Waals surface area contributed by atoms with Crippen molar-refractivity contribution in [1.29, 1.82) is 0 Å². The van der Waals surface area contributed by atoms with Crippen molar-refractivity contribution in [3.63, 3.8) is 0 Å². The van der Waals surface area contributed by atoms with Gasteiger partial charge < -0.3 is 5.32 Å². The van der Waals surface area contributed by atoms with Crippen molar-refractivity contribution in [1.82, 2.24) is 10.3 Å². The Balaban J connectivity index is 2.43. The SMILES string of the molecule is CC(CBr)C(C)NCc1cncc(Br)c1. The van der Waals surface area contributed by atoms with Crippen molar-refractivity contribution in [2.24, 2.45) is 5.92 Å². The minimum absolute atomic E-state index is 0.503. The van der Waals surface area contributed by atoms with Crippen LogP contribution in [0, 0.1) is 5.92 Å². The van der Waals surface area contributed by atoms with E-state index in [0.717, 1.165) is 16.3 Å². The Hall–Kier alpha value is 0.0700. The van der Waals surface area contributed by atoms with E-state index in [2.05, 4.69) is 62.1 Å². The fourth-order valence-electron chi connectivity index (χ4n) is 1.17. The summed E-state index contributed by atoms with van der Waals surface area (Å²) in [4.78, 5) is 4.13. The van der Waals surface area contributed by atoms with Gasteiger partial charge in [-0.25, -0.2) is 0 Å². The van der Waals surface area contributed by atoms with Gasteiger partial charge in [-0.15, -0.1) is 0 Å². The zero-order chi connectivity index (χ0) is 11.3. The van der Waals surface area contributed by atoms with Crippen molar-refractivity contribution in [2.45, 2.75) is 26.4 Å². The van der Waals surface area contributed by atoms with Gasteiger partial charge in [-0.2, -0.15) is 0 Å². The summed E-state index contributed by atoms with van der Waals surface area (Å²) < 4.78 is 1.03. The molecule has 0 bridgehead atoms. The average molecular weight is 336 g/mol. The van der Waals surface area contributed by atoms with Crippen LogP contribution in [0.1, 0.15) is 19.4 Å². The van der Waals surface area contributed by atoms with Gasteiger partial charge in [0, 0.05) is 34.8 Å². The molecule has 15 heavy (non-hydrogen) atoms. The molecule has 0 fully saturated rings. The van der Waals surface area contributed by atoms with Crippen LogP contribution in [0.15, 0.2) is 22.9 Å². The Labute approximate surface area is 108 Å². The largest absolute Gasteiger partial charge is 0.310 e. The van der Waals surface area contributed by atoms with Gasteiger partial charge in [-0.05, 0) is 40.4 Å². The Kier molecular flexibility index (Phi) is 5.79. The molecule has 0 saturated heterocycles. The van der Waals surface area contributed by atoms with Gasteiger partial charge in [0.05, 0.1) is 0 Å². The lowest BCUT2D eigenvalue weighted by atomic mass is 10.1. The lowest BCUT2D eigenvalue weighted by molar-refractivity contribution is 0.433. The normalized spacial score (nSPS) is 14.9. The second-order valence-electron chi connectivity index (χ2n) is 3.81. The number of pyridine rings is 1. The third-order valence-electron chi connectivity index (χ3n) is 2.49. The van der Waals surface area contributed by atoms with Gasteiger partial charge in [0.15, 0.2) is 0 Å². The first kappa shape index (κ1) is 13.1. The first-order valence-corrected chi connectivity index (χ1v) is 6.93. The summed E-state index contributed by atoms with van der Waals surface area (Å²) in [5.41, 5.74) is 1.21. The Bertz CT molecular complexity index is 304. The monoisotopic (exact) mass is 334 g/mol. The van der Waals surface area contributed by atoms with Gasteiger partial charge in [-0.1, -0.05) is 22.9 Å². The van der Waals surface area contributed by atoms with Crippen molar-refractivity contribution < 1.29 is 0 Å². The molecule has 4 heteroatoms. The van der Waals surface area contributed by atoms with Gasteiger partial charge in [0.25, 0.3) is 0 Å². The number of nitrogens with one attached hydrogen (secondary N) is 1. The summed E-state index contributed by atoms with van der Waals surface area (Å²) in [6.07, 6.45) is 3.69. The van der Waals surface area contributed by atoms with Gasteiger partial charge in [0.2, 0.25) is 0 Å². The maximum absolute atomic E-state index is 4.13. The number of alkyl halides is 1. The summed E-state index contributed by atoms with van der Waals surface area (Å²) in [5, 5.41) is 4.51. The van der Waals surface area contributed by atoms with Crippen LogP contribution in [-0.4, -0.2) is 16.4 Å². The molecule has 0 aliphatic rings. The summed E-state index contributed by atoms with van der Waals surface area (Å²) in [5.74, 6) is 0.630. The smallest absolute Gasteiger partial charge is 0.0410 e. The number of rotatable bonds is 5. The second-order valence-corrected chi connectivity index (χ2v) is 5.38. The van der Waals surface area contributed by atoms with Crippen LogP contribution in [0.3, 0.4) is 0 Å². The van der Waals surface area contributed by atoms with Crippen molar-refractivity contribution in [3.8, 4) is 0 Å². The fourth-order valence-corrected chi connectivity index (χ4v) is 2.14. The number of hydrogen-bond donors (Lipinski definition) is 1. The highest BCUT2D eigenvalue weighted by Crippen LogP contribution is 2.11. The van der Waals surface area contributed by atoms with E-state index in [4.69, 9.17) is 0 Å². The van der Waals surface area contributed by atoms with E-state index < -0.39 is 0 Å². The van der Waals surface area contributed by atoms with E-state index in [-0.39, 0.29) is 0 Å². The number of hydrogen-bond acceptors (Lipinski definition) is 2. The quantitative estimate of drug-likeness (QED) is 0.835. The highest BCUT2D eigenvalue weighted by atomic mass is 79.9. The molecule has 2 atom stereocenters. The van der Waals surface area contributed by atoms with Gasteiger partial charge in [-0.3, -0.25) is 4.98 Å². The highest BCUT2D eigenvalue weighted by Gasteiger charge is 2.09. The third-order valence-corrected chi connectivity index (χ3v) is 3.94. The Morgan fingerprint density at radius 3 is 2.73 bits per heavy atom. The molecule has 84 valence electrons. The number of aromatic nitrogens is 1. The fraction of sp³-hybridized carbons (Fsp3) is 0.545. The summed E-state index contributed by atoms with van der Waals surface area (Å²) in [6.45, 7) is 5.30. The van der Waals surface area contributed by atoms with Crippen LogP contribution in [0.2, 0.25) is 0 Å². The molecule has 0 aliphatic heterocycles. The molecule has 0 aliphatic carbocycles. The van der Waals surface area contributed by atoms with Crippen molar-refractivity contribution in [3.05, 3.63) is 28.5 Å². The van der Waals surface area contributed by atoms with Crippen LogP contribution in [0.25, 0.3) is 0 Å². The molecular formula is C11H16Br2N2. The maximum atomic E-state index is 4.13. The number of nitrogens with zero attached hydrogens (tertiary/aromatic N) is 1. The van der Waals surface area contributed by atoms with Crippen molar-refractivity contribution >= 4 is 31.9 Å². The summed E-state index contributed by atoms with van der Waals surface area (Å²) in [7, 11) is 0. The third kappa shape index (κ3) is 4.62. The summed E-state index contributed by atoms with van der Waals surface area (Å²) in [6, 6.07) is 2.59. The second kappa shape index (κ2) is 6.61. The van der Waals surface area contributed by atoms with Gasteiger partial charge in [0.1, 0.15) is 0 Å². The van der Waals surface area contributed by atoms with E-state index in [1.807, 2.05) is 6.20 Å². The minimum atomic E-state index is 0.503. The standard InChI is InChI=1S/C11H16Br2N2/c1-8(4-12)9(2)15-6-10-3-11(13)7-14-5-10/h3,5,7-9,15H,4,6H2,1-2H3. The molecule has 1 heterocycles. The topological polar surface area (TPSA) is 24.9 Å². The molecule has 1 rings (SSSR count). The predicted octanol–water partition coefficient (Wildman–Crippen LogP) is 3.35. The van der Waals surface area contributed by atoms with E-state index in [9.17, 15) is 0 Å². The van der Waals surface area contributed by atoms with Crippen LogP contribution < -0.4 is 5.32 Å². The van der Waals surface area contributed by atoms with E-state index in [1.165, 1.54) is 5.56 Å². The highest BCUT2D eigenvalue weighted by molar-refractivity contribution is 9.10. The molecule has 2 nitrogen and oxygen atoms in total. The van der Waals surface area contributed by atoms with Gasteiger partial charge >= 0.3 is 0 Å². The maximum Gasteiger partial charge on any atom is 0.0410 e. The molecule has 0 radical (unpaired) electrons. The lowest BCUT2D eigenvalue weighted by Crippen LogP contribution is -2.32. The zero-order valence-electron chi connectivity index (χ0n) is 9.00. The Morgan fingerprint density at radius 2 is 2.13 bits per heavy atom. The van der Waals surface area contributed by atoms with E-state index in [0.29, 0.717) is 12.0 Å². The molecule has 0 saturated carbocycles. The number of halogens is 2. The van der Waals surface area contributed by atoms with Crippen LogP contribution in [0.4, 0.5) is 0 Å². The molecule has 1 aromatic rings. The zero-order valence-corrected chi connectivity index (χ0v) is 12.2. The lowest BCUT2D eigenvalue weighted by Gasteiger charge is -2.19. The molecule has 1 aromatic heterocycles. The Morgan fingerprint density at radius 1 is 1.40 bits per heavy atom. The molecule has 2 unspecified atom stereocenters. The van der Waals surface area contributed by atoms with Crippen LogP contribution in [0.5, 0.6) is 0 Å². The predicted molar refractivity (Wildman–Crippen MR) is 71.2 cm³/mol. The first-order chi connectivity index (χ1) is 7.13. The van der Waals surface area contributed by atoms with Crippen LogP contribution >= 0.6 is 31.9 Å². The van der Waals surface area contributed by atoms with Crippen molar-refractivity contribution in [2.75, 3.05) is 5.33 Å². The molecular weight excluding hydrogens is 320 g/mol. The minimum Gasteiger partial charge on any atom is -0.310 e. The summed E-state index contributed by atoms with van der Waals surface area (Å²) >= 11 is 6.91. The van der Waals surface area contributed by atoms with Crippen LogP contribution in [-0.2, 0) is 6.54 Å². The molecule has 1 N–H and O–H groups in total. The molecule has 0 spiro atoms. The first-order valence-electron chi connectivity index (χ1n) is 5.02. The van der Waals surface area contributed by atoms with E-state index in [1.54, 1.807) is 6.20 Å².